The van der Waals surface area contributed by atoms with E-state index in [2.05, 4.69) is 21.8 Å². The Morgan fingerprint density at radius 2 is 2.00 bits per heavy atom. The third kappa shape index (κ3) is 2.61. The number of anilines is 2. The van der Waals surface area contributed by atoms with Crippen LogP contribution in [0.25, 0.3) is 0 Å². The van der Waals surface area contributed by atoms with Crippen LogP contribution >= 0.6 is 0 Å². The summed E-state index contributed by atoms with van der Waals surface area (Å²) >= 11 is 0. The number of nitrogen functional groups attached to an aromatic ring is 1. The molecule has 0 spiro atoms. The van der Waals surface area contributed by atoms with Gasteiger partial charge in [0.05, 0.1) is 6.54 Å². The third-order valence-corrected chi connectivity index (χ3v) is 3.12. The lowest BCUT2D eigenvalue weighted by Gasteiger charge is -2.12. The van der Waals surface area contributed by atoms with Crippen molar-refractivity contribution in [2.24, 2.45) is 5.84 Å². The van der Waals surface area contributed by atoms with Crippen LogP contribution in [0.15, 0.2) is 42.5 Å². The Bertz CT molecular complexity index is 548. The molecule has 0 aliphatic carbocycles. The molecule has 0 amide bonds. The smallest absolute Gasteiger partial charge is 0.142 e. The largest absolute Gasteiger partial charge is 0.488 e. The molecule has 5 heteroatoms. The molecule has 4 N–H and O–H groups in total. The van der Waals surface area contributed by atoms with Gasteiger partial charge in [-0.2, -0.15) is 0 Å². The Morgan fingerprint density at radius 1 is 1.16 bits per heavy atom. The zero-order valence-corrected chi connectivity index (χ0v) is 10.5. The SMILES string of the molecule is NNc1cccc(NCC2Cc3ccccc3O2)n1. The second kappa shape index (κ2) is 5.16. The summed E-state index contributed by atoms with van der Waals surface area (Å²) in [5, 5.41) is 3.26. The van der Waals surface area contributed by atoms with Crippen LogP contribution in [0.4, 0.5) is 11.6 Å². The van der Waals surface area contributed by atoms with E-state index in [9.17, 15) is 0 Å². The van der Waals surface area contributed by atoms with Crippen LogP contribution in [-0.4, -0.2) is 17.6 Å². The standard InChI is InChI=1S/C14H16N4O/c15-18-14-7-3-6-13(17-14)16-9-11-8-10-4-1-2-5-12(10)19-11/h1-7,11H,8-9,15H2,(H2,16,17,18). The van der Waals surface area contributed by atoms with E-state index in [0.717, 1.165) is 24.5 Å². The lowest BCUT2D eigenvalue weighted by molar-refractivity contribution is 0.246. The molecule has 1 atom stereocenters. The van der Waals surface area contributed by atoms with Crippen LogP contribution in [0.1, 0.15) is 5.56 Å². The number of nitrogens with two attached hydrogens (primary N) is 1. The number of pyridine rings is 1. The molecule has 2 heterocycles. The number of aromatic nitrogens is 1. The minimum absolute atomic E-state index is 0.147. The number of nitrogens with zero attached hydrogens (tertiary/aromatic N) is 1. The second-order valence-corrected chi connectivity index (χ2v) is 4.49. The molecular formula is C14H16N4O. The van der Waals surface area contributed by atoms with Crippen LogP contribution in [-0.2, 0) is 6.42 Å². The van der Waals surface area contributed by atoms with Crippen LogP contribution < -0.4 is 21.3 Å². The number of hydrazine groups is 1. The fraction of sp³-hybridized carbons (Fsp3) is 0.214. The van der Waals surface area contributed by atoms with Gasteiger partial charge in [-0.1, -0.05) is 24.3 Å². The van der Waals surface area contributed by atoms with Gasteiger partial charge in [0.2, 0.25) is 0 Å². The zero-order chi connectivity index (χ0) is 13.1. The van der Waals surface area contributed by atoms with Gasteiger partial charge in [-0.05, 0) is 23.8 Å². The van der Waals surface area contributed by atoms with Crippen LogP contribution in [0.5, 0.6) is 5.75 Å². The first-order valence-electron chi connectivity index (χ1n) is 6.27. The summed E-state index contributed by atoms with van der Waals surface area (Å²) in [4.78, 5) is 4.30. The van der Waals surface area contributed by atoms with E-state index < -0.39 is 0 Å². The molecule has 1 aromatic carbocycles. The lowest BCUT2D eigenvalue weighted by Crippen LogP contribution is -2.24. The zero-order valence-electron chi connectivity index (χ0n) is 10.5. The summed E-state index contributed by atoms with van der Waals surface area (Å²) in [6.07, 6.45) is 1.08. The normalized spacial score (nSPS) is 16.6. The topological polar surface area (TPSA) is 72.2 Å². The van der Waals surface area contributed by atoms with Crippen LogP contribution in [0.2, 0.25) is 0 Å². The highest BCUT2D eigenvalue weighted by molar-refractivity contribution is 5.45. The number of nitrogens with one attached hydrogen (secondary N) is 2. The first-order chi connectivity index (χ1) is 9.35. The molecule has 98 valence electrons. The van der Waals surface area contributed by atoms with Crippen LogP contribution in [0.3, 0.4) is 0 Å². The van der Waals surface area contributed by atoms with Gasteiger partial charge in [-0.3, -0.25) is 0 Å². The summed E-state index contributed by atoms with van der Waals surface area (Å²) in [6, 6.07) is 13.8. The van der Waals surface area contributed by atoms with Gasteiger partial charge in [0.25, 0.3) is 0 Å². The first kappa shape index (κ1) is 11.8. The molecule has 0 fully saturated rings. The van der Waals surface area contributed by atoms with Crippen molar-refractivity contribution in [3.05, 3.63) is 48.0 Å². The van der Waals surface area contributed by atoms with Crippen molar-refractivity contribution in [2.45, 2.75) is 12.5 Å². The minimum Gasteiger partial charge on any atom is -0.488 e. The molecule has 1 aliphatic rings. The van der Waals surface area contributed by atoms with Crippen molar-refractivity contribution in [3.63, 3.8) is 0 Å². The van der Waals surface area contributed by atoms with Gasteiger partial charge in [0.15, 0.2) is 0 Å². The molecule has 1 aliphatic heterocycles. The molecule has 0 bridgehead atoms. The number of hydrogen-bond acceptors (Lipinski definition) is 5. The van der Waals surface area contributed by atoms with E-state index in [0.29, 0.717) is 5.82 Å². The summed E-state index contributed by atoms with van der Waals surface area (Å²) in [5.41, 5.74) is 3.79. The van der Waals surface area contributed by atoms with Crippen molar-refractivity contribution < 1.29 is 4.74 Å². The highest BCUT2D eigenvalue weighted by Crippen LogP contribution is 2.28. The molecule has 1 aromatic heterocycles. The maximum Gasteiger partial charge on any atom is 0.142 e. The van der Waals surface area contributed by atoms with E-state index in [1.54, 1.807) is 0 Å². The Labute approximate surface area is 111 Å². The molecule has 5 nitrogen and oxygen atoms in total. The van der Waals surface area contributed by atoms with Gasteiger partial charge in [-0.25, -0.2) is 10.8 Å². The van der Waals surface area contributed by atoms with E-state index in [-0.39, 0.29) is 6.10 Å². The number of hydrogen-bond donors (Lipinski definition) is 3. The predicted molar refractivity (Wildman–Crippen MR) is 75.1 cm³/mol. The maximum atomic E-state index is 5.85. The number of fused-ring (bicyclic) bond motifs is 1. The molecule has 0 saturated carbocycles. The second-order valence-electron chi connectivity index (χ2n) is 4.49. The summed E-state index contributed by atoms with van der Waals surface area (Å²) < 4.78 is 5.85. The lowest BCUT2D eigenvalue weighted by atomic mass is 10.1. The average Bonchev–Trinajstić information content (AvgIpc) is 2.88. The quantitative estimate of drug-likeness (QED) is 0.574. The Kier molecular flexibility index (Phi) is 3.20. The number of benzene rings is 1. The average molecular weight is 256 g/mol. The predicted octanol–water partition coefficient (Wildman–Crippen LogP) is 1.78. The molecule has 19 heavy (non-hydrogen) atoms. The van der Waals surface area contributed by atoms with Crippen LogP contribution in [0, 0.1) is 0 Å². The highest BCUT2D eigenvalue weighted by atomic mass is 16.5. The fourth-order valence-corrected chi connectivity index (χ4v) is 2.20. The molecule has 1 unspecified atom stereocenters. The van der Waals surface area contributed by atoms with Gasteiger partial charge in [0, 0.05) is 6.42 Å². The van der Waals surface area contributed by atoms with Crippen molar-refractivity contribution in [1.29, 1.82) is 0 Å². The maximum absolute atomic E-state index is 5.85. The highest BCUT2D eigenvalue weighted by Gasteiger charge is 2.21. The Morgan fingerprint density at radius 3 is 2.84 bits per heavy atom. The van der Waals surface area contributed by atoms with E-state index in [1.165, 1.54) is 5.56 Å². The first-order valence-corrected chi connectivity index (χ1v) is 6.27. The van der Waals surface area contributed by atoms with Crippen molar-refractivity contribution in [1.82, 2.24) is 4.98 Å². The van der Waals surface area contributed by atoms with Crippen molar-refractivity contribution in [2.75, 3.05) is 17.3 Å². The number of para-hydroxylation sites is 1. The number of ether oxygens (including phenoxy) is 1. The van der Waals surface area contributed by atoms with E-state index in [4.69, 9.17) is 10.6 Å². The van der Waals surface area contributed by atoms with Gasteiger partial charge >= 0.3 is 0 Å². The minimum atomic E-state index is 0.147. The van der Waals surface area contributed by atoms with Gasteiger partial charge in [-0.15, -0.1) is 0 Å². The molecule has 3 rings (SSSR count). The third-order valence-electron chi connectivity index (χ3n) is 3.12. The van der Waals surface area contributed by atoms with Crippen molar-refractivity contribution >= 4 is 11.6 Å². The molecule has 0 saturated heterocycles. The molecule has 2 aromatic rings. The molecular weight excluding hydrogens is 240 g/mol. The van der Waals surface area contributed by atoms with E-state index in [1.807, 2.05) is 36.4 Å². The summed E-state index contributed by atoms with van der Waals surface area (Å²) in [6.45, 7) is 0.718. The van der Waals surface area contributed by atoms with E-state index >= 15 is 0 Å². The Balaban J connectivity index is 1.59. The van der Waals surface area contributed by atoms with Gasteiger partial charge in [0.1, 0.15) is 23.5 Å². The summed E-state index contributed by atoms with van der Waals surface area (Å²) in [7, 11) is 0. The Hall–Kier alpha value is -2.27. The summed E-state index contributed by atoms with van der Waals surface area (Å²) in [5.74, 6) is 7.74. The van der Waals surface area contributed by atoms with Crippen molar-refractivity contribution in [3.8, 4) is 5.75 Å². The number of rotatable bonds is 4. The van der Waals surface area contributed by atoms with Gasteiger partial charge < -0.3 is 15.5 Å². The fourth-order valence-electron chi connectivity index (χ4n) is 2.20. The monoisotopic (exact) mass is 256 g/mol. The molecule has 0 radical (unpaired) electrons.